The summed E-state index contributed by atoms with van der Waals surface area (Å²) in [6.45, 7) is 4.85. The van der Waals surface area contributed by atoms with Gasteiger partial charge in [-0.25, -0.2) is 0 Å². The zero-order chi connectivity index (χ0) is 17.0. The van der Waals surface area contributed by atoms with Gasteiger partial charge in [0.25, 0.3) is 0 Å². The summed E-state index contributed by atoms with van der Waals surface area (Å²) in [5, 5.41) is 2.80. The quantitative estimate of drug-likeness (QED) is 0.846. The molecular formula is C18H24N2O4. The third-order valence-electron chi connectivity index (χ3n) is 4.61. The molecule has 1 spiro atoms. The zero-order valence-electron chi connectivity index (χ0n) is 14.0. The molecule has 2 aliphatic heterocycles. The maximum absolute atomic E-state index is 12.3. The van der Waals surface area contributed by atoms with Crippen LogP contribution in [0.1, 0.15) is 30.4 Å². The number of rotatable bonds is 4. The summed E-state index contributed by atoms with van der Waals surface area (Å²) in [4.78, 5) is 26.0. The number of likely N-dealkylation sites (tertiary alicyclic amines) is 1. The second kappa shape index (κ2) is 7.32. The van der Waals surface area contributed by atoms with Gasteiger partial charge in [-0.3, -0.25) is 9.59 Å². The molecule has 2 heterocycles. The van der Waals surface area contributed by atoms with E-state index in [2.05, 4.69) is 5.32 Å². The maximum Gasteiger partial charge on any atom is 0.232 e. The van der Waals surface area contributed by atoms with Gasteiger partial charge in [0.1, 0.15) is 6.42 Å². The predicted molar refractivity (Wildman–Crippen MR) is 88.1 cm³/mol. The fraction of sp³-hybridized carbons (Fsp3) is 0.556. The van der Waals surface area contributed by atoms with Crippen LogP contribution in [0.5, 0.6) is 0 Å². The van der Waals surface area contributed by atoms with Crippen LogP contribution in [-0.4, -0.2) is 48.8 Å². The molecule has 1 N–H and O–H groups in total. The van der Waals surface area contributed by atoms with Crippen molar-refractivity contribution < 1.29 is 19.1 Å². The number of nitrogens with zero attached hydrogens (tertiary/aromatic N) is 1. The van der Waals surface area contributed by atoms with Crippen LogP contribution in [0.25, 0.3) is 0 Å². The number of ether oxygens (including phenoxy) is 2. The van der Waals surface area contributed by atoms with E-state index < -0.39 is 5.79 Å². The standard InChI is InChI=1S/C18H24N2O4/c1-14-2-4-15(5-3-14)13-19-16(21)12-17(22)20-8-6-18(7-9-20)23-10-11-24-18/h2-5H,6-13H2,1H3,(H,19,21). The van der Waals surface area contributed by atoms with Gasteiger partial charge < -0.3 is 19.7 Å². The van der Waals surface area contributed by atoms with Crippen molar-refractivity contribution in [2.24, 2.45) is 0 Å². The molecule has 0 aromatic heterocycles. The first-order valence-corrected chi connectivity index (χ1v) is 8.44. The molecule has 6 heteroatoms. The largest absolute Gasteiger partial charge is 0.352 e. The van der Waals surface area contributed by atoms with Crippen LogP contribution in [0.15, 0.2) is 24.3 Å². The molecular weight excluding hydrogens is 308 g/mol. The fourth-order valence-electron chi connectivity index (χ4n) is 3.10. The van der Waals surface area contributed by atoms with Crippen molar-refractivity contribution in [3.05, 3.63) is 35.4 Å². The Morgan fingerprint density at radius 2 is 1.75 bits per heavy atom. The minimum absolute atomic E-state index is 0.111. The summed E-state index contributed by atoms with van der Waals surface area (Å²) in [6, 6.07) is 7.96. The minimum atomic E-state index is -0.496. The molecule has 6 nitrogen and oxygen atoms in total. The number of amides is 2. The molecule has 0 atom stereocenters. The van der Waals surface area contributed by atoms with Crippen LogP contribution in [0.4, 0.5) is 0 Å². The number of aryl methyl sites for hydroxylation is 1. The Labute approximate surface area is 142 Å². The monoisotopic (exact) mass is 332 g/mol. The summed E-state index contributed by atoms with van der Waals surface area (Å²) >= 11 is 0. The molecule has 1 aromatic rings. The predicted octanol–water partition coefficient (Wildman–Crippen LogP) is 1.37. The van der Waals surface area contributed by atoms with Gasteiger partial charge in [-0.2, -0.15) is 0 Å². The van der Waals surface area contributed by atoms with Crippen LogP contribution in [0.2, 0.25) is 0 Å². The summed E-state index contributed by atoms with van der Waals surface area (Å²) in [5.41, 5.74) is 2.20. The summed E-state index contributed by atoms with van der Waals surface area (Å²) in [7, 11) is 0. The molecule has 0 aliphatic carbocycles. The van der Waals surface area contributed by atoms with Crippen molar-refractivity contribution in [2.45, 2.75) is 38.5 Å². The lowest BCUT2D eigenvalue weighted by Gasteiger charge is -2.37. The number of nitrogens with one attached hydrogen (secondary N) is 1. The summed E-state index contributed by atoms with van der Waals surface area (Å²) in [6.07, 6.45) is 1.23. The van der Waals surface area contributed by atoms with Gasteiger partial charge in [0.15, 0.2) is 5.79 Å². The Balaban J connectivity index is 1.41. The summed E-state index contributed by atoms with van der Waals surface area (Å²) < 4.78 is 11.3. The minimum Gasteiger partial charge on any atom is -0.352 e. The fourth-order valence-corrected chi connectivity index (χ4v) is 3.10. The van der Waals surface area contributed by atoms with E-state index in [1.165, 1.54) is 5.56 Å². The highest BCUT2D eigenvalue weighted by Gasteiger charge is 2.40. The van der Waals surface area contributed by atoms with E-state index in [4.69, 9.17) is 9.47 Å². The lowest BCUT2D eigenvalue weighted by Crippen LogP contribution is -2.48. The number of hydrogen-bond donors (Lipinski definition) is 1. The molecule has 2 fully saturated rings. The smallest absolute Gasteiger partial charge is 0.232 e. The SMILES string of the molecule is Cc1ccc(CNC(=O)CC(=O)N2CCC3(CC2)OCCO3)cc1. The summed E-state index contributed by atoms with van der Waals surface area (Å²) in [5.74, 6) is -0.872. The molecule has 0 unspecified atom stereocenters. The molecule has 1 aromatic carbocycles. The maximum atomic E-state index is 12.3. The Morgan fingerprint density at radius 1 is 1.12 bits per heavy atom. The lowest BCUT2D eigenvalue weighted by molar-refractivity contribution is -0.187. The van der Waals surface area contributed by atoms with Gasteiger partial charge in [-0.1, -0.05) is 29.8 Å². The van der Waals surface area contributed by atoms with Crippen LogP contribution in [-0.2, 0) is 25.6 Å². The van der Waals surface area contributed by atoms with E-state index in [0.29, 0.717) is 45.7 Å². The van der Waals surface area contributed by atoms with Gasteiger partial charge >= 0.3 is 0 Å². The van der Waals surface area contributed by atoms with Gasteiger partial charge in [0.2, 0.25) is 11.8 Å². The molecule has 2 aliphatic rings. The highest BCUT2D eigenvalue weighted by molar-refractivity contribution is 5.96. The molecule has 0 bridgehead atoms. The van der Waals surface area contributed by atoms with E-state index in [-0.39, 0.29) is 18.2 Å². The number of piperidine rings is 1. The number of carbonyl (C=O) groups is 2. The van der Waals surface area contributed by atoms with E-state index in [9.17, 15) is 9.59 Å². The molecule has 2 amide bonds. The average Bonchev–Trinajstić information content (AvgIpc) is 3.03. The zero-order valence-corrected chi connectivity index (χ0v) is 14.0. The topological polar surface area (TPSA) is 67.9 Å². The van der Waals surface area contributed by atoms with Crippen molar-refractivity contribution in [2.75, 3.05) is 26.3 Å². The molecule has 0 saturated carbocycles. The van der Waals surface area contributed by atoms with Crippen molar-refractivity contribution in [1.82, 2.24) is 10.2 Å². The molecule has 24 heavy (non-hydrogen) atoms. The third kappa shape index (κ3) is 4.13. The van der Waals surface area contributed by atoms with Crippen molar-refractivity contribution in [1.29, 1.82) is 0 Å². The van der Waals surface area contributed by atoms with Crippen LogP contribution in [0.3, 0.4) is 0 Å². The molecule has 3 rings (SSSR count). The van der Waals surface area contributed by atoms with E-state index in [0.717, 1.165) is 5.56 Å². The van der Waals surface area contributed by atoms with Crippen molar-refractivity contribution in [3.8, 4) is 0 Å². The Bertz CT molecular complexity index is 584. The highest BCUT2D eigenvalue weighted by Crippen LogP contribution is 2.31. The van der Waals surface area contributed by atoms with Crippen molar-refractivity contribution >= 4 is 11.8 Å². The third-order valence-corrected chi connectivity index (χ3v) is 4.61. The average molecular weight is 332 g/mol. The number of hydrogen-bond acceptors (Lipinski definition) is 4. The van der Waals surface area contributed by atoms with Gasteiger partial charge in [-0.05, 0) is 12.5 Å². The van der Waals surface area contributed by atoms with Crippen LogP contribution < -0.4 is 5.32 Å². The van der Waals surface area contributed by atoms with E-state index in [1.807, 2.05) is 31.2 Å². The first-order chi connectivity index (χ1) is 11.6. The highest BCUT2D eigenvalue weighted by atomic mass is 16.7. The Morgan fingerprint density at radius 3 is 2.38 bits per heavy atom. The normalized spacial score (nSPS) is 19.5. The first kappa shape index (κ1) is 16.9. The van der Waals surface area contributed by atoms with Crippen LogP contribution in [0, 0.1) is 6.92 Å². The molecule has 0 radical (unpaired) electrons. The van der Waals surface area contributed by atoms with E-state index >= 15 is 0 Å². The van der Waals surface area contributed by atoms with Gasteiger partial charge in [0.05, 0.1) is 13.2 Å². The molecule has 2 saturated heterocycles. The van der Waals surface area contributed by atoms with Crippen LogP contribution >= 0.6 is 0 Å². The first-order valence-electron chi connectivity index (χ1n) is 8.44. The Hall–Kier alpha value is -1.92. The van der Waals surface area contributed by atoms with E-state index in [1.54, 1.807) is 4.90 Å². The van der Waals surface area contributed by atoms with Gasteiger partial charge in [0, 0.05) is 32.5 Å². The Kier molecular flexibility index (Phi) is 5.16. The molecule has 130 valence electrons. The lowest BCUT2D eigenvalue weighted by atomic mass is 10.0. The number of benzene rings is 1. The van der Waals surface area contributed by atoms with Crippen molar-refractivity contribution in [3.63, 3.8) is 0 Å². The second-order valence-corrected chi connectivity index (χ2v) is 6.43. The second-order valence-electron chi connectivity index (χ2n) is 6.43. The van der Waals surface area contributed by atoms with Gasteiger partial charge in [-0.15, -0.1) is 0 Å². The number of carbonyl (C=O) groups excluding carboxylic acids is 2.